The van der Waals surface area contributed by atoms with Crippen molar-refractivity contribution in [1.82, 2.24) is 9.78 Å². The highest BCUT2D eigenvalue weighted by Gasteiger charge is 2.17. The Balaban J connectivity index is 1.84. The van der Waals surface area contributed by atoms with Crippen LogP contribution < -0.4 is 14.8 Å². The normalized spacial score (nSPS) is 10.6. The molecule has 1 N–H and O–H groups in total. The number of rotatable bonds is 6. The zero-order chi connectivity index (χ0) is 20.3. The quantitative estimate of drug-likeness (QED) is 0.699. The summed E-state index contributed by atoms with van der Waals surface area (Å²) in [6.07, 6.45) is 0. The van der Waals surface area contributed by atoms with Crippen molar-refractivity contribution in [2.45, 2.75) is 27.3 Å². The molecule has 0 bridgehead atoms. The molecule has 0 saturated heterocycles. The summed E-state index contributed by atoms with van der Waals surface area (Å²) in [6.45, 7) is 6.60. The first-order valence-electron chi connectivity index (χ1n) is 9.06. The standard InChI is InChI=1S/C22H25N3O3/c1-14-8-6-7-9-18(14)13-25-16(3)21(15(2)24-25)23-22(26)17-10-11-19(27-4)20(12-17)28-5/h6-12H,13H2,1-5H3,(H,23,26). The summed E-state index contributed by atoms with van der Waals surface area (Å²) in [5.41, 5.74) is 5.32. The predicted molar refractivity (Wildman–Crippen MR) is 109 cm³/mol. The van der Waals surface area contributed by atoms with Gasteiger partial charge in [-0.05, 0) is 50.1 Å². The van der Waals surface area contributed by atoms with Gasteiger partial charge in [-0.25, -0.2) is 0 Å². The fraction of sp³-hybridized carbons (Fsp3) is 0.273. The summed E-state index contributed by atoms with van der Waals surface area (Å²) in [7, 11) is 3.11. The molecule has 28 heavy (non-hydrogen) atoms. The van der Waals surface area contributed by atoms with Gasteiger partial charge in [-0.15, -0.1) is 0 Å². The summed E-state index contributed by atoms with van der Waals surface area (Å²) in [5, 5.41) is 7.60. The second-order valence-corrected chi connectivity index (χ2v) is 6.65. The van der Waals surface area contributed by atoms with E-state index in [4.69, 9.17) is 9.47 Å². The summed E-state index contributed by atoms with van der Waals surface area (Å²) < 4.78 is 12.4. The van der Waals surface area contributed by atoms with Crippen molar-refractivity contribution in [3.8, 4) is 11.5 Å². The van der Waals surface area contributed by atoms with Gasteiger partial charge in [0.25, 0.3) is 5.91 Å². The maximum atomic E-state index is 12.8. The van der Waals surface area contributed by atoms with Crippen LogP contribution >= 0.6 is 0 Å². The largest absolute Gasteiger partial charge is 0.493 e. The molecule has 0 aliphatic rings. The van der Waals surface area contributed by atoms with E-state index in [1.54, 1.807) is 32.4 Å². The van der Waals surface area contributed by atoms with E-state index in [9.17, 15) is 4.79 Å². The first-order chi connectivity index (χ1) is 13.4. The number of anilines is 1. The number of aromatic nitrogens is 2. The summed E-state index contributed by atoms with van der Waals surface area (Å²) in [6, 6.07) is 13.3. The minimum atomic E-state index is -0.220. The topological polar surface area (TPSA) is 65.4 Å². The van der Waals surface area contributed by atoms with Gasteiger partial charge in [-0.1, -0.05) is 24.3 Å². The molecule has 0 saturated carbocycles. The molecule has 0 fully saturated rings. The number of ether oxygens (including phenoxy) is 2. The van der Waals surface area contributed by atoms with Crippen LogP contribution in [0.5, 0.6) is 11.5 Å². The van der Waals surface area contributed by atoms with E-state index in [1.165, 1.54) is 11.1 Å². The predicted octanol–water partition coefficient (Wildman–Crippen LogP) is 4.13. The van der Waals surface area contributed by atoms with Gasteiger partial charge >= 0.3 is 0 Å². The fourth-order valence-corrected chi connectivity index (χ4v) is 3.14. The Bertz CT molecular complexity index is 1010. The lowest BCUT2D eigenvalue weighted by Crippen LogP contribution is -2.13. The van der Waals surface area contributed by atoms with E-state index in [0.29, 0.717) is 23.6 Å². The Morgan fingerprint density at radius 2 is 1.75 bits per heavy atom. The van der Waals surface area contributed by atoms with Crippen molar-refractivity contribution in [2.75, 3.05) is 19.5 Å². The number of hydrogen-bond acceptors (Lipinski definition) is 4. The van der Waals surface area contributed by atoms with Crippen molar-refractivity contribution in [3.63, 3.8) is 0 Å². The maximum Gasteiger partial charge on any atom is 0.255 e. The van der Waals surface area contributed by atoms with Crippen LogP contribution in [0.4, 0.5) is 5.69 Å². The number of nitrogens with one attached hydrogen (secondary N) is 1. The van der Waals surface area contributed by atoms with E-state index in [2.05, 4.69) is 29.5 Å². The van der Waals surface area contributed by atoms with Crippen LogP contribution in [0.25, 0.3) is 0 Å². The molecule has 1 aromatic heterocycles. The number of aryl methyl sites for hydroxylation is 2. The third-order valence-corrected chi connectivity index (χ3v) is 4.85. The van der Waals surface area contributed by atoms with Crippen LogP contribution in [0.15, 0.2) is 42.5 Å². The Labute approximate surface area is 165 Å². The summed E-state index contributed by atoms with van der Waals surface area (Å²) in [5.74, 6) is 0.874. The van der Waals surface area contributed by atoms with Crippen LogP contribution in [0.2, 0.25) is 0 Å². The van der Waals surface area contributed by atoms with Crippen LogP contribution in [-0.2, 0) is 6.54 Å². The zero-order valence-electron chi connectivity index (χ0n) is 16.9. The lowest BCUT2D eigenvalue weighted by Gasteiger charge is -2.11. The van der Waals surface area contributed by atoms with Gasteiger partial charge in [0, 0.05) is 5.56 Å². The molecular formula is C22H25N3O3. The number of benzene rings is 2. The molecular weight excluding hydrogens is 354 g/mol. The first kappa shape index (κ1) is 19.5. The number of methoxy groups -OCH3 is 2. The van der Waals surface area contributed by atoms with Crippen LogP contribution in [0, 0.1) is 20.8 Å². The molecule has 0 spiro atoms. The highest BCUT2D eigenvalue weighted by molar-refractivity contribution is 6.05. The lowest BCUT2D eigenvalue weighted by molar-refractivity contribution is 0.102. The molecule has 3 rings (SSSR count). The number of amides is 1. The smallest absolute Gasteiger partial charge is 0.255 e. The molecule has 0 atom stereocenters. The molecule has 2 aromatic carbocycles. The minimum Gasteiger partial charge on any atom is -0.493 e. The fourth-order valence-electron chi connectivity index (χ4n) is 3.14. The second kappa shape index (κ2) is 8.17. The van der Waals surface area contributed by atoms with Crippen LogP contribution in [-0.4, -0.2) is 29.9 Å². The number of nitrogens with zero attached hydrogens (tertiary/aromatic N) is 2. The Hall–Kier alpha value is -3.28. The average Bonchev–Trinajstić information content (AvgIpc) is 2.96. The van der Waals surface area contributed by atoms with Crippen LogP contribution in [0.3, 0.4) is 0 Å². The van der Waals surface area contributed by atoms with Gasteiger partial charge < -0.3 is 14.8 Å². The second-order valence-electron chi connectivity index (χ2n) is 6.65. The molecule has 146 valence electrons. The minimum absolute atomic E-state index is 0.220. The van der Waals surface area contributed by atoms with E-state index < -0.39 is 0 Å². The number of hydrogen-bond donors (Lipinski definition) is 1. The Morgan fingerprint density at radius 1 is 1.04 bits per heavy atom. The molecule has 6 heteroatoms. The third kappa shape index (κ3) is 3.86. The van der Waals surface area contributed by atoms with Gasteiger partial charge in [-0.3, -0.25) is 9.48 Å². The van der Waals surface area contributed by atoms with Crippen molar-refractivity contribution in [1.29, 1.82) is 0 Å². The highest BCUT2D eigenvalue weighted by atomic mass is 16.5. The maximum absolute atomic E-state index is 12.8. The molecule has 0 unspecified atom stereocenters. The Morgan fingerprint density at radius 3 is 2.43 bits per heavy atom. The van der Waals surface area contributed by atoms with E-state index in [0.717, 1.165) is 17.1 Å². The lowest BCUT2D eigenvalue weighted by atomic mass is 10.1. The highest BCUT2D eigenvalue weighted by Crippen LogP contribution is 2.28. The van der Waals surface area contributed by atoms with Gasteiger partial charge in [0.05, 0.1) is 37.8 Å². The number of carbonyl (C=O) groups excluding carboxylic acids is 1. The monoisotopic (exact) mass is 379 g/mol. The van der Waals surface area contributed by atoms with Crippen molar-refractivity contribution in [2.24, 2.45) is 0 Å². The first-order valence-corrected chi connectivity index (χ1v) is 9.06. The molecule has 1 heterocycles. The SMILES string of the molecule is COc1ccc(C(=O)Nc2c(C)nn(Cc3ccccc3C)c2C)cc1OC. The summed E-state index contributed by atoms with van der Waals surface area (Å²) in [4.78, 5) is 12.8. The van der Waals surface area contributed by atoms with Gasteiger partial charge in [0.1, 0.15) is 0 Å². The Kier molecular flexibility index (Phi) is 5.68. The van der Waals surface area contributed by atoms with E-state index in [-0.39, 0.29) is 5.91 Å². The molecule has 0 aliphatic heterocycles. The van der Waals surface area contributed by atoms with Crippen LogP contribution in [0.1, 0.15) is 32.9 Å². The third-order valence-electron chi connectivity index (χ3n) is 4.85. The molecule has 0 radical (unpaired) electrons. The molecule has 0 aliphatic carbocycles. The summed E-state index contributed by atoms with van der Waals surface area (Å²) >= 11 is 0. The number of carbonyl (C=O) groups is 1. The van der Waals surface area contributed by atoms with Crippen molar-refractivity contribution < 1.29 is 14.3 Å². The van der Waals surface area contributed by atoms with Gasteiger partial charge in [-0.2, -0.15) is 5.10 Å². The zero-order valence-corrected chi connectivity index (χ0v) is 16.9. The average molecular weight is 379 g/mol. The van der Waals surface area contributed by atoms with Crippen molar-refractivity contribution >= 4 is 11.6 Å². The van der Waals surface area contributed by atoms with Crippen molar-refractivity contribution in [3.05, 3.63) is 70.5 Å². The molecule has 1 amide bonds. The molecule has 6 nitrogen and oxygen atoms in total. The van der Waals surface area contributed by atoms with Gasteiger partial charge in [0.2, 0.25) is 0 Å². The van der Waals surface area contributed by atoms with Gasteiger partial charge in [0.15, 0.2) is 11.5 Å². The van der Waals surface area contributed by atoms with E-state index in [1.807, 2.05) is 30.7 Å². The van der Waals surface area contributed by atoms with E-state index >= 15 is 0 Å². The molecule has 3 aromatic rings.